The van der Waals surface area contributed by atoms with E-state index in [-0.39, 0.29) is 24.8 Å². The Morgan fingerprint density at radius 3 is 2.03 bits per heavy atom. The zero-order valence-electron chi connectivity index (χ0n) is 17.9. The van der Waals surface area contributed by atoms with E-state index in [1.165, 1.54) is 11.3 Å². The zero-order valence-corrected chi connectivity index (χ0v) is 18.7. The SMILES string of the molecule is CC(OC(=O)CCNC(=O)c1cccs1)C(=O)N(Cc1ccccc1)Cc1ccccc1. The van der Waals surface area contributed by atoms with Gasteiger partial charge in [0.15, 0.2) is 6.10 Å². The molecule has 1 N–H and O–H groups in total. The highest BCUT2D eigenvalue weighted by atomic mass is 32.1. The number of carbonyl (C=O) groups excluding carboxylic acids is 3. The van der Waals surface area contributed by atoms with Crippen LogP contribution in [-0.4, -0.2) is 35.3 Å². The Hall–Kier alpha value is -3.45. The minimum absolute atomic E-state index is 0.00783. The molecular weight excluding hydrogens is 424 g/mol. The number of hydrogen-bond acceptors (Lipinski definition) is 5. The van der Waals surface area contributed by atoms with Gasteiger partial charge in [-0.15, -0.1) is 11.3 Å². The first-order valence-corrected chi connectivity index (χ1v) is 11.3. The number of rotatable bonds is 10. The number of hydrogen-bond donors (Lipinski definition) is 1. The molecule has 1 atom stereocenters. The van der Waals surface area contributed by atoms with Crippen LogP contribution >= 0.6 is 11.3 Å². The maximum atomic E-state index is 13.1. The van der Waals surface area contributed by atoms with Crippen LogP contribution < -0.4 is 5.32 Å². The summed E-state index contributed by atoms with van der Waals surface area (Å²) in [5, 5.41) is 4.49. The summed E-state index contributed by atoms with van der Waals surface area (Å²) < 4.78 is 5.36. The number of ether oxygens (including phenoxy) is 1. The third kappa shape index (κ3) is 7.06. The molecule has 0 aliphatic heterocycles. The summed E-state index contributed by atoms with van der Waals surface area (Å²) in [6.45, 7) is 2.54. The second-order valence-electron chi connectivity index (χ2n) is 7.28. The van der Waals surface area contributed by atoms with E-state index in [1.807, 2.05) is 66.0 Å². The van der Waals surface area contributed by atoms with Gasteiger partial charge in [0, 0.05) is 19.6 Å². The highest BCUT2D eigenvalue weighted by Crippen LogP contribution is 2.13. The molecule has 0 spiro atoms. The minimum atomic E-state index is -0.928. The number of amides is 2. The standard InChI is InChI=1S/C25H26N2O4S/c1-19(31-23(28)14-15-26-24(29)22-13-8-16-32-22)25(30)27(17-20-9-4-2-5-10-20)18-21-11-6-3-7-12-21/h2-13,16,19H,14-15,17-18H2,1H3,(H,26,29). The molecule has 166 valence electrons. The molecular formula is C25H26N2O4S. The van der Waals surface area contributed by atoms with Crippen molar-refractivity contribution in [2.45, 2.75) is 32.5 Å². The number of benzene rings is 2. The Labute approximate surface area is 191 Å². The van der Waals surface area contributed by atoms with E-state index in [4.69, 9.17) is 4.74 Å². The van der Waals surface area contributed by atoms with Crippen LogP contribution in [0.2, 0.25) is 0 Å². The largest absolute Gasteiger partial charge is 0.452 e. The van der Waals surface area contributed by atoms with E-state index in [1.54, 1.807) is 24.0 Å². The van der Waals surface area contributed by atoms with Crippen molar-refractivity contribution in [2.75, 3.05) is 6.54 Å². The van der Waals surface area contributed by atoms with Crippen molar-refractivity contribution in [2.24, 2.45) is 0 Å². The van der Waals surface area contributed by atoms with Crippen LogP contribution in [0.5, 0.6) is 0 Å². The van der Waals surface area contributed by atoms with Crippen molar-refractivity contribution in [3.8, 4) is 0 Å². The van der Waals surface area contributed by atoms with Crippen LogP contribution in [0.15, 0.2) is 78.2 Å². The third-order valence-corrected chi connectivity index (χ3v) is 5.63. The van der Waals surface area contributed by atoms with Crippen molar-refractivity contribution < 1.29 is 19.1 Å². The van der Waals surface area contributed by atoms with Gasteiger partial charge in [-0.1, -0.05) is 66.7 Å². The maximum absolute atomic E-state index is 13.1. The number of nitrogens with one attached hydrogen (secondary N) is 1. The Bertz CT molecular complexity index is 965. The molecule has 0 saturated carbocycles. The highest BCUT2D eigenvalue weighted by Gasteiger charge is 2.24. The van der Waals surface area contributed by atoms with Gasteiger partial charge in [-0.05, 0) is 29.5 Å². The average Bonchev–Trinajstić information content (AvgIpc) is 3.34. The fourth-order valence-electron chi connectivity index (χ4n) is 3.16. The van der Waals surface area contributed by atoms with Gasteiger partial charge in [-0.25, -0.2) is 0 Å². The van der Waals surface area contributed by atoms with Crippen LogP contribution in [0.4, 0.5) is 0 Å². The Balaban J connectivity index is 1.55. The minimum Gasteiger partial charge on any atom is -0.452 e. The summed E-state index contributed by atoms with van der Waals surface area (Å²) in [7, 11) is 0. The zero-order chi connectivity index (χ0) is 22.8. The molecule has 0 saturated heterocycles. The van der Waals surface area contributed by atoms with E-state index in [2.05, 4.69) is 5.32 Å². The van der Waals surface area contributed by atoms with Crippen molar-refractivity contribution in [3.63, 3.8) is 0 Å². The summed E-state index contributed by atoms with van der Waals surface area (Å²) in [6.07, 6.45) is -0.936. The summed E-state index contributed by atoms with van der Waals surface area (Å²) in [5.41, 5.74) is 1.98. The van der Waals surface area contributed by atoms with E-state index < -0.39 is 12.1 Å². The third-order valence-electron chi connectivity index (χ3n) is 4.76. The Morgan fingerprint density at radius 2 is 1.50 bits per heavy atom. The quantitative estimate of drug-likeness (QED) is 0.473. The van der Waals surface area contributed by atoms with Crippen LogP contribution in [0.1, 0.15) is 34.1 Å². The van der Waals surface area contributed by atoms with Crippen LogP contribution in [-0.2, 0) is 27.4 Å². The van der Waals surface area contributed by atoms with Crippen LogP contribution in [0.25, 0.3) is 0 Å². The fraction of sp³-hybridized carbons (Fsp3) is 0.240. The summed E-state index contributed by atoms with van der Waals surface area (Å²) in [4.78, 5) is 39.5. The molecule has 1 unspecified atom stereocenters. The smallest absolute Gasteiger partial charge is 0.308 e. The molecule has 32 heavy (non-hydrogen) atoms. The number of esters is 1. The summed E-state index contributed by atoms with van der Waals surface area (Å²) in [5.74, 6) is -1.03. The summed E-state index contributed by atoms with van der Waals surface area (Å²) in [6, 6.07) is 22.9. The molecule has 6 nitrogen and oxygen atoms in total. The fourth-order valence-corrected chi connectivity index (χ4v) is 3.80. The van der Waals surface area contributed by atoms with Gasteiger partial charge in [0.1, 0.15) is 0 Å². The normalized spacial score (nSPS) is 11.4. The lowest BCUT2D eigenvalue weighted by molar-refractivity contribution is -0.159. The predicted molar refractivity (Wildman–Crippen MR) is 124 cm³/mol. The van der Waals surface area contributed by atoms with Gasteiger partial charge >= 0.3 is 5.97 Å². The van der Waals surface area contributed by atoms with Gasteiger partial charge in [0.05, 0.1) is 11.3 Å². The topological polar surface area (TPSA) is 75.7 Å². The van der Waals surface area contributed by atoms with Crippen molar-refractivity contribution in [1.82, 2.24) is 10.2 Å². The molecule has 2 amide bonds. The lowest BCUT2D eigenvalue weighted by Crippen LogP contribution is -2.39. The van der Waals surface area contributed by atoms with Gasteiger partial charge < -0.3 is 15.0 Å². The van der Waals surface area contributed by atoms with Crippen molar-refractivity contribution in [1.29, 1.82) is 0 Å². The molecule has 0 fully saturated rings. The number of nitrogens with zero attached hydrogens (tertiary/aromatic N) is 1. The summed E-state index contributed by atoms with van der Waals surface area (Å²) >= 11 is 1.33. The first-order valence-electron chi connectivity index (χ1n) is 10.4. The first kappa shape index (κ1) is 23.2. The first-order chi connectivity index (χ1) is 15.5. The maximum Gasteiger partial charge on any atom is 0.308 e. The molecule has 2 aromatic carbocycles. The van der Waals surface area contributed by atoms with Gasteiger partial charge in [0.2, 0.25) is 0 Å². The van der Waals surface area contributed by atoms with E-state index in [0.717, 1.165) is 11.1 Å². The van der Waals surface area contributed by atoms with Crippen LogP contribution in [0.3, 0.4) is 0 Å². The molecule has 0 aliphatic carbocycles. The monoisotopic (exact) mass is 450 g/mol. The predicted octanol–water partition coefficient (Wildman–Crippen LogP) is 4.03. The van der Waals surface area contributed by atoms with E-state index in [0.29, 0.717) is 18.0 Å². The number of thiophene rings is 1. The van der Waals surface area contributed by atoms with Gasteiger partial charge in [0.25, 0.3) is 11.8 Å². The Morgan fingerprint density at radius 1 is 0.906 bits per heavy atom. The second kappa shape index (κ2) is 11.8. The number of carbonyl (C=O) groups is 3. The second-order valence-corrected chi connectivity index (χ2v) is 8.23. The Kier molecular flexibility index (Phi) is 8.57. The van der Waals surface area contributed by atoms with Crippen molar-refractivity contribution in [3.05, 3.63) is 94.2 Å². The molecule has 0 bridgehead atoms. The van der Waals surface area contributed by atoms with E-state index in [9.17, 15) is 14.4 Å². The molecule has 3 aromatic rings. The molecule has 1 aromatic heterocycles. The molecule has 1 heterocycles. The van der Waals surface area contributed by atoms with Crippen LogP contribution in [0, 0.1) is 0 Å². The lowest BCUT2D eigenvalue weighted by atomic mass is 10.1. The van der Waals surface area contributed by atoms with Crippen molar-refractivity contribution >= 4 is 29.1 Å². The van der Waals surface area contributed by atoms with Gasteiger partial charge in [-0.3, -0.25) is 14.4 Å². The molecule has 0 radical (unpaired) electrons. The molecule has 3 rings (SSSR count). The highest BCUT2D eigenvalue weighted by molar-refractivity contribution is 7.12. The average molecular weight is 451 g/mol. The molecule has 7 heteroatoms. The van der Waals surface area contributed by atoms with E-state index >= 15 is 0 Å². The lowest BCUT2D eigenvalue weighted by Gasteiger charge is -2.26. The van der Waals surface area contributed by atoms with Gasteiger partial charge in [-0.2, -0.15) is 0 Å². The molecule has 0 aliphatic rings.